The quantitative estimate of drug-likeness (QED) is 0.476. The lowest BCUT2D eigenvalue weighted by molar-refractivity contribution is 0.0985. The molecule has 9 heteroatoms. The molecular formula is C25H21N5O3S. The first-order valence-corrected chi connectivity index (χ1v) is 11.8. The lowest BCUT2D eigenvalue weighted by Crippen LogP contribution is -2.28. The Hall–Kier alpha value is -4.26. The van der Waals surface area contributed by atoms with E-state index in [0.29, 0.717) is 39.5 Å². The molecular weight excluding hydrogens is 450 g/mol. The van der Waals surface area contributed by atoms with Crippen molar-refractivity contribution in [2.24, 2.45) is 5.14 Å². The van der Waals surface area contributed by atoms with Gasteiger partial charge in [-0.1, -0.05) is 36.4 Å². The number of sulfonamides is 1. The van der Waals surface area contributed by atoms with Crippen molar-refractivity contribution in [3.05, 3.63) is 95.8 Å². The Balaban J connectivity index is 1.66. The second-order valence-corrected chi connectivity index (χ2v) is 9.23. The lowest BCUT2D eigenvalue weighted by Gasteiger charge is -2.19. The molecule has 0 saturated carbocycles. The number of nitriles is 1. The maximum Gasteiger partial charge on any atom is 0.276 e. The summed E-state index contributed by atoms with van der Waals surface area (Å²) in [5.41, 5.74) is 3.83. The van der Waals surface area contributed by atoms with Gasteiger partial charge in [0.05, 0.1) is 27.9 Å². The smallest absolute Gasteiger partial charge is 0.276 e. The van der Waals surface area contributed by atoms with E-state index in [1.807, 2.05) is 0 Å². The number of amides is 1. The molecule has 3 aromatic carbocycles. The van der Waals surface area contributed by atoms with Gasteiger partial charge in [0.2, 0.25) is 10.0 Å². The summed E-state index contributed by atoms with van der Waals surface area (Å²) < 4.78 is 25.4. The summed E-state index contributed by atoms with van der Waals surface area (Å²) >= 11 is 0. The van der Waals surface area contributed by atoms with E-state index < -0.39 is 10.0 Å². The van der Waals surface area contributed by atoms with Crippen molar-refractivity contribution in [2.75, 3.05) is 11.9 Å². The molecule has 0 aliphatic heterocycles. The SMILES string of the molecule is Cc1cc(C(=O)N(C)c2ccc(-c3ccccc3S(N)(=O)=O)cc2)n(-c2cccc(C#N)c2)n1. The Labute approximate surface area is 197 Å². The average Bonchev–Trinajstić information content (AvgIpc) is 3.24. The third kappa shape index (κ3) is 4.45. The first kappa shape index (κ1) is 22.9. The van der Waals surface area contributed by atoms with Crippen LogP contribution >= 0.6 is 0 Å². The first-order valence-electron chi connectivity index (χ1n) is 10.3. The molecule has 8 nitrogen and oxygen atoms in total. The Morgan fingerprint density at radius 1 is 1.03 bits per heavy atom. The van der Waals surface area contributed by atoms with Gasteiger partial charge in [-0.2, -0.15) is 10.4 Å². The Morgan fingerprint density at radius 3 is 2.41 bits per heavy atom. The minimum Gasteiger partial charge on any atom is -0.310 e. The molecule has 0 saturated heterocycles. The zero-order valence-corrected chi connectivity index (χ0v) is 19.3. The van der Waals surface area contributed by atoms with Crippen LogP contribution in [0, 0.1) is 18.3 Å². The second kappa shape index (κ2) is 8.94. The predicted molar refractivity (Wildman–Crippen MR) is 129 cm³/mol. The second-order valence-electron chi connectivity index (χ2n) is 7.70. The highest BCUT2D eigenvalue weighted by Gasteiger charge is 2.21. The van der Waals surface area contributed by atoms with Crippen LogP contribution in [0.5, 0.6) is 0 Å². The molecule has 2 N–H and O–H groups in total. The fourth-order valence-electron chi connectivity index (χ4n) is 3.66. The molecule has 0 atom stereocenters. The van der Waals surface area contributed by atoms with Crippen LogP contribution in [0.15, 0.2) is 83.8 Å². The highest BCUT2D eigenvalue weighted by Crippen LogP contribution is 2.29. The summed E-state index contributed by atoms with van der Waals surface area (Å²) in [5, 5.41) is 19.0. The van der Waals surface area contributed by atoms with E-state index in [0.717, 1.165) is 0 Å². The number of aryl methyl sites for hydroxylation is 1. The number of benzene rings is 3. The third-order valence-electron chi connectivity index (χ3n) is 5.33. The fraction of sp³-hybridized carbons (Fsp3) is 0.0800. The number of hydrogen-bond acceptors (Lipinski definition) is 5. The number of primary sulfonamides is 1. The number of carbonyl (C=O) groups is 1. The van der Waals surface area contributed by atoms with Crippen LogP contribution in [0.3, 0.4) is 0 Å². The average molecular weight is 472 g/mol. The van der Waals surface area contributed by atoms with Crippen LogP contribution in [0.2, 0.25) is 0 Å². The van der Waals surface area contributed by atoms with Gasteiger partial charge in [0, 0.05) is 18.3 Å². The Bertz CT molecular complexity index is 1530. The van der Waals surface area contributed by atoms with Gasteiger partial charge in [0.1, 0.15) is 5.69 Å². The Morgan fingerprint density at radius 2 is 1.74 bits per heavy atom. The predicted octanol–water partition coefficient (Wildman–Crippen LogP) is 3.64. The van der Waals surface area contributed by atoms with Crippen molar-refractivity contribution >= 4 is 21.6 Å². The van der Waals surface area contributed by atoms with E-state index >= 15 is 0 Å². The standard InChI is InChI=1S/C25H21N5O3S/c1-17-14-23(30(28-17)21-7-5-6-18(15-21)16-26)25(31)29(2)20-12-10-19(11-13-20)22-8-3-4-9-24(22)34(27,32)33/h3-15H,1-2H3,(H2,27,32,33). The molecule has 1 amide bonds. The van der Waals surface area contributed by atoms with Crippen molar-refractivity contribution in [3.8, 4) is 22.9 Å². The monoisotopic (exact) mass is 471 g/mol. The maximum absolute atomic E-state index is 13.4. The summed E-state index contributed by atoms with van der Waals surface area (Å²) in [4.78, 5) is 14.9. The van der Waals surface area contributed by atoms with Crippen LogP contribution in [-0.2, 0) is 10.0 Å². The highest BCUT2D eigenvalue weighted by molar-refractivity contribution is 7.89. The van der Waals surface area contributed by atoms with Gasteiger partial charge < -0.3 is 4.90 Å². The summed E-state index contributed by atoms with van der Waals surface area (Å²) in [6.45, 7) is 1.79. The molecule has 0 bridgehead atoms. The number of hydrogen-bond donors (Lipinski definition) is 1. The molecule has 4 rings (SSSR count). The molecule has 0 unspecified atom stereocenters. The molecule has 170 valence electrons. The first-order chi connectivity index (χ1) is 16.2. The third-order valence-corrected chi connectivity index (χ3v) is 6.30. The molecule has 0 radical (unpaired) electrons. The van der Waals surface area contributed by atoms with Gasteiger partial charge in [0.25, 0.3) is 5.91 Å². The van der Waals surface area contributed by atoms with Crippen molar-refractivity contribution in [1.82, 2.24) is 9.78 Å². The normalized spacial score (nSPS) is 11.1. The van der Waals surface area contributed by atoms with Crippen molar-refractivity contribution in [3.63, 3.8) is 0 Å². The molecule has 0 fully saturated rings. The highest BCUT2D eigenvalue weighted by atomic mass is 32.2. The summed E-state index contributed by atoms with van der Waals surface area (Å²) in [7, 11) is -2.24. The van der Waals surface area contributed by atoms with Crippen LogP contribution < -0.4 is 10.0 Å². The number of rotatable bonds is 5. The summed E-state index contributed by atoms with van der Waals surface area (Å²) in [6, 6.07) is 24.1. The molecule has 1 aromatic heterocycles. The van der Waals surface area contributed by atoms with Crippen LogP contribution in [0.25, 0.3) is 16.8 Å². The van der Waals surface area contributed by atoms with Crippen LogP contribution in [0.4, 0.5) is 5.69 Å². The van der Waals surface area contributed by atoms with Gasteiger partial charge in [-0.15, -0.1) is 0 Å². The minimum absolute atomic E-state index is 0.0335. The van der Waals surface area contributed by atoms with E-state index in [2.05, 4.69) is 11.2 Å². The molecule has 34 heavy (non-hydrogen) atoms. The van der Waals surface area contributed by atoms with E-state index in [9.17, 15) is 18.5 Å². The molecule has 1 heterocycles. The topological polar surface area (TPSA) is 122 Å². The number of nitrogens with zero attached hydrogens (tertiary/aromatic N) is 4. The van der Waals surface area contributed by atoms with E-state index in [-0.39, 0.29) is 10.8 Å². The van der Waals surface area contributed by atoms with E-state index in [4.69, 9.17) is 5.14 Å². The fourth-order valence-corrected chi connectivity index (χ4v) is 4.42. The van der Waals surface area contributed by atoms with E-state index in [1.165, 1.54) is 15.6 Å². The van der Waals surface area contributed by atoms with Crippen molar-refractivity contribution in [1.29, 1.82) is 5.26 Å². The zero-order valence-electron chi connectivity index (χ0n) is 18.5. The number of nitrogens with two attached hydrogens (primary N) is 1. The Kier molecular flexibility index (Phi) is 6.03. The molecule has 0 spiro atoms. The van der Waals surface area contributed by atoms with Crippen LogP contribution in [0.1, 0.15) is 21.7 Å². The maximum atomic E-state index is 13.4. The van der Waals surface area contributed by atoms with Gasteiger partial charge in [-0.05, 0) is 55.0 Å². The lowest BCUT2D eigenvalue weighted by atomic mass is 10.1. The molecule has 0 aliphatic rings. The summed E-state index contributed by atoms with van der Waals surface area (Å²) in [5.74, 6) is -0.291. The summed E-state index contributed by atoms with van der Waals surface area (Å²) in [6.07, 6.45) is 0. The number of aromatic nitrogens is 2. The van der Waals surface area contributed by atoms with Crippen LogP contribution in [-0.4, -0.2) is 31.2 Å². The minimum atomic E-state index is -3.89. The number of anilines is 1. The van der Waals surface area contributed by atoms with Gasteiger partial charge in [0.15, 0.2) is 0 Å². The van der Waals surface area contributed by atoms with Gasteiger partial charge in [-0.3, -0.25) is 4.79 Å². The van der Waals surface area contributed by atoms with Crippen molar-refractivity contribution < 1.29 is 13.2 Å². The van der Waals surface area contributed by atoms with E-state index in [1.54, 1.807) is 86.8 Å². The largest absolute Gasteiger partial charge is 0.310 e. The van der Waals surface area contributed by atoms with Gasteiger partial charge in [-0.25, -0.2) is 18.2 Å². The molecule has 4 aromatic rings. The van der Waals surface area contributed by atoms with Gasteiger partial charge >= 0.3 is 0 Å². The number of carbonyl (C=O) groups excluding carboxylic acids is 1. The zero-order chi connectivity index (χ0) is 24.5. The molecule has 0 aliphatic carbocycles. The van der Waals surface area contributed by atoms with Crippen molar-refractivity contribution in [2.45, 2.75) is 11.8 Å².